The third-order valence-corrected chi connectivity index (χ3v) is 4.63. The lowest BCUT2D eigenvalue weighted by atomic mass is 9.98. The van der Waals surface area contributed by atoms with E-state index in [1.165, 1.54) is 34.6 Å². The fourth-order valence-corrected chi connectivity index (χ4v) is 3.37. The Bertz CT molecular complexity index is 970. The molecule has 0 bridgehead atoms. The van der Waals surface area contributed by atoms with E-state index in [1.807, 2.05) is 24.3 Å². The minimum Gasteiger partial charge on any atom is -0.505 e. The van der Waals surface area contributed by atoms with Crippen LogP contribution in [0.5, 0.6) is 5.75 Å². The average Bonchev–Trinajstić information content (AvgIpc) is 3.05. The summed E-state index contributed by atoms with van der Waals surface area (Å²) in [6.07, 6.45) is 5.52. The van der Waals surface area contributed by atoms with Crippen molar-refractivity contribution in [3.05, 3.63) is 84.0 Å². The number of aromatic hydroxyl groups is 1. The Kier molecular flexibility index (Phi) is 5.01. The summed E-state index contributed by atoms with van der Waals surface area (Å²) in [4.78, 5) is 19.9. The van der Waals surface area contributed by atoms with Gasteiger partial charge in [-0.1, -0.05) is 54.6 Å². The van der Waals surface area contributed by atoms with Gasteiger partial charge in [0.1, 0.15) is 6.61 Å². The van der Waals surface area contributed by atoms with E-state index in [1.54, 1.807) is 12.2 Å². The number of carbonyl (C=O) groups is 1. The average molecular weight is 373 g/mol. The van der Waals surface area contributed by atoms with E-state index in [0.717, 1.165) is 0 Å². The Hall–Kier alpha value is -3.67. The molecule has 0 fully saturated rings. The van der Waals surface area contributed by atoms with Crippen LogP contribution < -0.4 is 5.32 Å². The maximum Gasteiger partial charge on any atom is 0.407 e. The van der Waals surface area contributed by atoms with Crippen LogP contribution >= 0.6 is 0 Å². The quantitative estimate of drug-likeness (QED) is 0.712. The van der Waals surface area contributed by atoms with Gasteiger partial charge in [-0.3, -0.25) is 0 Å². The Morgan fingerprint density at radius 1 is 1.04 bits per heavy atom. The number of hydrogen-bond donors (Lipinski definition) is 2. The number of aromatic nitrogens is 2. The van der Waals surface area contributed by atoms with Crippen molar-refractivity contribution in [3.63, 3.8) is 0 Å². The van der Waals surface area contributed by atoms with Crippen LogP contribution in [0.1, 0.15) is 22.9 Å². The molecule has 0 aliphatic heterocycles. The smallest absolute Gasteiger partial charge is 0.407 e. The molecule has 2 N–H and O–H groups in total. The van der Waals surface area contributed by atoms with Gasteiger partial charge in [0.2, 0.25) is 0 Å². The number of rotatable bonds is 5. The maximum atomic E-state index is 12.0. The summed E-state index contributed by atoms with van der Waals surface area (Å²) in [6.45, 7) is 0.575. The second-order valence-electron chi connectivity index (χ2n) is 6.41. The van der Waals surface area contributed by atoms with Crippen LogP contribution in [0.2, 0.25) is 0 Å². The molecule has 0 radical (unpaired) electrons. The van der Waals surface area contributed by atoms with Gasteiger partial charge < -0.3 is 15.2 Å². The normalized spacial score (nSPS) is 12.6. The van der Waals surface area contributed by atoms with Crippen LogP contribution in [0.25, 0.3) is 17.2 Å². The molecule has 6 heteroatoms. The molecule has 0 spiro atoms. The largest absolute Gasteiger partial charge is 0.505 e. The van der Waals surface area contributed by atoms with E-state index in [4.69, 9.17) is 9.84 Å². The van der Waals surface area contributed by atoms with E-state index in [-0.39, 0.29) is 18.3 Å². The van der Waals surface area contributed by atoms with Crippen LogP contribution in [0.4, 0.5) is 4.79 Å². The lowest BCUT2D eigenvalue weighted by Crippen LogP contribution is -2.26. The lowest BCUT2D eigenvalue weighted by molar-refractivity contribution is 0.144. The number of amides is 1. The van der Waals surface area contributed by atoms with Crippen molar-refractivity contribution in [1.82, 2.24) is 15.3 Å². The number of alkyl carbamates (subject to hydrolysis) is 1. The van der Waals surface area contributed by atoms with Crippen molar-refractivity contribution < 1.29 is 14.6 Å². The van der Waals surface area contributed by atoms with Gasteiger partial charge in [-0.15, -0.1) is 0 Å². The summed E-state index contributed by atoms with van der Waals surface area (Å²) in [5.41, 5.74) is 4.76. The zero-order valence-corrected chi connectivity index (χ0v) is 15.1. The van der Waals surface area contributed by atoms with Crippen molar-refractivity contribution in [2.45, 2.75) is 5.92 Å². The van der Waals surface area contributed by atoms with Crippen molar-refractivity contribution in [2.75, 3.05) is 13.2 Å². The Balaban J connectivity index is 1.33. The zero-order chi connectivity index (χ0) is 19.3. The summed E-state index contributed by atoms with van der Waals surface area (Å²) in [7, 11) is 0. The summed E-state index contributed by atoms with van der Waals surface area (Å²) in [5.74, 6) is 0.500. The number of hydrogen-bond acceptors (Lipinski definition) is 5. The first-order valence-corrected chi connectivity index (χ1v) is 8.99. The van der Waals surface area contributed by atoms with E-state index >= 15 is 0 Å². The Morgan fingerprint density at radius 3 is 2.29 bits per heavy atom. The summed E-state index contributed by atoms with van der Waals surface area (Å²) in [6, 6.07) is 16.4. The highest BCUT2D eigenvalue weighted by atomic mass is 16.5. The fourth-order valence-electron chi connectivity index (χ4n) is 3.37. The lowest BCUT2D eigenvalue weighted by Gasteiger charge is -2.14. The van der Waals surface area contributed by atoms with Gasteiger partial charge in [0.25, 0.3) is 0 Å². The van der Waals surface area contributed by atoms with E-state index in [9.17, 15) is 4.79 Å². The van der Waals surface area contributed by atoms with Crippen molar-refractivity contribution in [2.24, 2.45) is 0 Å². The molecule has 1 aliphatic rings. The van der Waals surface area contributed by atoms with Crippen LogP contribution in [-0.2, 0) is 4.74 Å². The van der Waals surface area contributed by atoms with Crippen molar-refractivity contribution in [3.8, 4) is 16.9 Å². The molecule has 6 nitrogen and oxygen atoms in total. The summed E-state index contributed by atoms with van der Waals surface area (Å²) < 4.78 is 5.46. The number of nitrogens with one attached hydrogen (secondary N) is 1. The van der Waals surface area contributed by atoms with Gasteiger partial charge >= 0.3 is 6.09 Å². The van der Waals surface area contributed by atoms with E-state index in [0.29, 0.717) is 12.4 Å². The van der Waals surface area contributed by atoms with Gasteiger partial charge in [-0.2, -0.15) is 0 Å². The SMILES string of the molecule is O=C(NCC=Cc1ncc(O)cn1)OCC1c2ccccc2-c2ccccc21. The highest BCUT2D eigenvalue weighted by molar-refractivity contribution is 5.79. The summed E-state index contributed by atoms with van der Waals surface area (Å²) >= 11 is 0. The van der Waals surface area contributed by atoms with E-state index in [2.05, 4.69) is 39.6 Å². The minimum atomic E-state index is -0.474. The second-order valence-corrected chi connectivity index (χ2v) is 6.41. The molecule has 0 saturated heterocycles. The molecule has 1 heterocycles. The molecule has 1 amide bonds. The molecule has 3 aromatic rings. The topological polar surface area (TPSA) is 84.3 Å². The van der Waals surface area contributed by atoms with Gasteiger partial charge in [0.15, 0.2) is 11.6 Å². The van der Waals surface area contributed by atoms with Gasteiger partial charge in [-0.25, -0.2) is 14.8 Å². The number of ether oxygens (including phenoxy) is 1. The monoisotopic (exact) mass is 373 g/mol. The second kappa shape index (κ2) is 7.92. The number of benzene rings is 2. The Morgan fingerprint density at radius 2 is 1.64 bits per heavy atom. The predicted octanol–water partition coefficient (Wildman–Crippen LogP) is 3.73. The summed E-state index contributed by atoms with van der Waals surface area (Å²) in [5, 5.41) is 11.8. The highest BCUT2D eigenvalue weighted by Crippen LogP contribution is 2.44. The molecule has 0 saturated carbocycles. The molecule has 1 aromatic heterocycles. The van der Waals surface area contributed by atoms with Crippen LogP contribution in [-0.4, -0.2) is 34.3 Å². The molecule has 0 atom stereocenters. The molecule has 140 valence electrons. The third-order valence-electron chi connectivity index (χ3n) is 4.63. The first kappa shape index (κ1) is 17.7. The molecule has 2 aromatic carbocycles. The van der Waals surface area contributed by atoms with Gasteiger partial charge in [-0.05, 0) is 28.3 Å². The Labute approximate surface area is 162 Å². The van der Waals surface area contributed by atoms with Crippen LogP contribution in [0.15, 0.2) is 67.0 Å². The molecule has 4 rings (SSSR count). The first-order valence-electron chi connectivity index (χ1n) is 8.99. The van der Waals surface area contributed by atoms with Gasteiger partial charge in [0, 0.05) is 12.5 Å². The highest BCUT2D eigenvalue weighted by Gasteiger charge is 2.28. The molecule has 0 unspecified atom stereocenters. The fraction of sp³-hybridized carbons (Fsp3) is 0.136. The third kappa shape index (κ3) is 3.71. The van der Waals surface area contributed by atoms with Gasteiger partial charge in [0.05, 0.1) is 12.4 Å². The predicted molar refractivity (Wildman–Crippen MR) is 106 cm³/mol. The number of fused-ring (bicyclic) bond motifs is 3. The zero-order valence-electron chi connectivity index (χ0n) is 15.1. The minimum absolute atomic E-state index is 0.00825. The standard InChI is InChI=1S/C22H19N3O3/c26-15-12-24-21(25-13-15)10-5-11-23-22(27)28-14-20-18-8-3-1-6-16(18)17-7-2-4-9-19(17)20/h1-10,12-13,20,26H,11,14H2,(H,23,27). The van der Waals surface area contributed by atoms with Crippen LogP contribution in [0, 0.1) is 0 Å². The molecular weight excluding hydrogens is 354 g/mol. The molecular formula is C22H19N3O3. The first-order chi connectivity index (χ1) is 13.7. The molecule has 28 heavy (non-hydrogen) atoms. The number of nitrogens with zero attached hydrogens (tertiary/aromatic N) is 2. The van der Waals surface area contributed by atoms with Crippen LogP contribution in [0.3, 0.4) is 0 Å². The number of carbonyl (C=O) groups excluding carboxylic acids is 1. The van der Waals surface area contributed by atoms with Crippen molar-refractivity contribution in [1.29, 1.82) is 0 Å². The maximum absolute atomic E-state index is 12.0. The van der Waals surface area contributed by atoms with E-state index < -0.39 is 6.09 Å². The van der Waals surface area contributed by atoms with Crippen molar-refractivity contribution >= 4 is 12.2 Å². The molecule has 1 aliphatic carbocycles.